The molecule has 0 amide bonds. The van der Waals surface area contributed by atoms with Crippen LogP contribution in [0.3, 0.4) is 0 Å². The molecule has 0 radical (unpaired) electrons. The summed E-state index contributed by atoms with van der Waals surface area (Å²) >= 11 is -3.70. The van der Waals surface area contributed by atoms with Crippen LogP contribution in [-0.2, 0) is 5.41 Å². The molecule has 0 bridgehead atoms. The van der Waals surface area contributed by atoms with E-state index in [2.05, 4.69) is 194 Å². The van der Waals surface area contributed by atoms with Crippen molar-refractivity contribution in [2.45, 2.75) is 19.3 Å². The van der Waals surface area contributed by atoms with Gasteiger partial charge < -0.3 is 0 Å². The van der Waals surface area contributed by atoms with Crippen LogP contribution in [0.4, 0.5) is 0 Å². The molecule has 0 spiro atoms. The Morgan fingerprint density at radius 2 is 1.09 bits per heavy atom. The molecular formula is C49H35GeN3. The molecule has 7 aromatic carbocycles. The van der Waals surface area contributed by atoms with Gasteiger partial charge in [-0.3, -0.25) is 0 Å². The molecule has 4 heteroatoms. The van der Waals surface area contributed by atoms with Gasteiger partial charge in [-0.1, -0.05) is 0 Å². The third kappa shape index (κ3) is 4.11. The number of aromatic nitrogens is 3. The van der Waals surface area contributed by atoms with Crippen LogP contribution in [0.2, 0.25) is 0 Å². The second-order valence-corrected chi connectivity index (χ2v) is 22.6. The maximum absolute atomic E-state index is 5.91. The van der Waals surface area contributed by atoms with E-state index in [1.165, 1.54) is 61.9 Å². The zero-order chi connectivity index (χ0) is 35.3. The Balaban J connectivity index is 1.30. The molecule has 0 atom stereocenters. The number of hydrogen-bond donors (Lipinski definition) is 0. The topological polar surface area (TPSA) is 30.7 Å². The molecule has 1 aliphatic carbocycles. The molecule has 3 nitrogen and oxygen atoms in total. The molecule has 2 aliphatic rings. The summed E-state index contributed by atoms with van der Waals surface area (Å²) in [5.74, 6) is 0.719. The number of fused-ring (bicyclic) bond motifs is 9. The van der Waals surface area contributed by atoms with Crippen molar-refractivity contribution < 1.29 is 0 Å². The maximum atomic E-state index is 5.91. The van der Waals surface area contributed by atoms with Gasteiger partial charge in [0.1, 0.15) is 0 Å². The number of nitrogens with zero attached hydrogens (tertiary/aromatic N) is 3. The summed E-state index contributed by atoms with van der Waals surface area (Å²) in [6, 6.07) is 64.7. The molecule has 0 unspecified atom stereocenters. The predicted octanol–water partition coefficient (Wildman–Crippen LogP) is 8.90. The minimum absolute atomic E-state index is 0.137. The molecule has 3 heterocycles. The van der Waals surface area contributed by atoms with Gasteiger partial charge in [0, 0.05) is 0 Å². The summed E-state index contributed by atoms with van der Waals surface area (Å²) in [4.78, 5) is 11.6. The van der Waals surface area contributed by atoms with Crippen molar-refractivity contribution in [1.82, 2.24) is 14.5 Å². The predicted molar refractivity (Wildman–Crippen MR) is 222 cm³/mol. The van der Waals surface area contributed by atoms with Gasteiger partial charge >= 0.3 is 313 Å². The quantitative estimate of drug-likeness (QED) is 0.169. The van der Waals surface area contributed by atoms with Crippen molar-refractivity contribution in [3.63, 3.8) is 0 Å². The number of rotatable bonds is 4. The van der Waals surface area contributed by atoms with E-state index in [0.29, 0.717) is 0 Å². The van der Waals surface area contributed by atoms with E-state index >= 15 is 0 Å². The number of benzene rings is 7. The van der Waals surface area contributed by atoms with Crippen molar-refractivity contribution in [1.29, 1.82) is 0 Å². The molecule has 0 saturated heterocycles. The third-order valence-electron chi connectivity index (χ3n) is 11.9. The van der Waals surface area contributed by atoms with Crippen LogP contribution in [0.25, 0.3) is 61.3 Å². The molecule has 53 heavy (non-hydrogen) atoms. The van der Waals surface area contributed by atoms with Crippen molar-refractivity contribution in [3.8, 4) is 39.5 Å². The molecule has 0 N–H and O–H groups in total. The van der Waals surface area contributed by atoms with Crippen LogP contribution in [-0.4, -0.2) is 27.8 Å². The SMILES string of the molecule is CC1(C)c2ccccc2-c2cc3c4ccccc4n(-c4nc(-c5ccccc5)c5[c](n4)[Ge]([c]4ccccc4)([c]4ccccc4)[c]4ccccc4-5)c3cc21. The van der Waals surface area contributed by atoms with E-state index in [9.17, 15) is 0 Å². The average molecular weight is 738 g/mol. The summed E-state index contributed by atoms with van der Waals surface area (Å²) in [7, 11) is 0. The molecule has 9 aromatic rings. The van der Waals surface area contributed by atoms with E-state index < -0.39 is 13.3 Å². The Labute approximate surface area is 311 Å². The fourth-order valence-corrected chi connectivity index (χ4v) is 20.0. The monoisotopic (exact) mass is 739 g/mol. The van der Waals surface area contributed by atoms with Crippen LogP contribution in [0, 0.1) is 0 Å². The normalized spacial score (nSPS) is 14.5. The van der Waals surface area contributed by atoms with Gasteiger partial charge in [-0.2, -0.15) is 0 Å². The number of para-hydroxylation sites is 1. The van der Waals surface area contributed by atoms with Gasteiger partial charge in [-0.15, -0.1) is 0 Å². The summed E-state index contributed by atoms with van der Waals surface area (Å²) in [5.41, 5.74) is 12.0. The van der Waals surface area contributed by atoms with Gasteiger partial charge in [0.05, 0.1) is 0 Å². The Hall–Kier alpha value is -6.04. The van der Waals surface area contributed by atoms with E-state index in [0.717, 1.165) is 28.2 Å². The Bertz CT molecular complexity index is 2870. The molecule has 0 saturated carbocycles. The Morgan fingerprint density at radius 1 is 0.491 bits per heavy atom. The Kier molecular flexibility index (Phi) is 6.48. The molecule has 0 fully saturated rings. The minimum atomic E-state index is -3.70. The summed E-state index contributed by atoms with van der Waals surface area (Å²) in [6.45, 7) is 4.71. The molecule has 250 valence electrons. The fourth-order valence-electron chi connectivity index (χ4n) is 9.54. The van der Waals surface area contributed by atoms with Crippen molar-refractivity contribution in [2.24, 2.45) is 0 Å². The van der Waals surface area contributed by atoms with Gasteiger partial charge in [0.25, 0.3) is 0 Å². The standard InChI is InChI=1S/C49H35GeN3/c1-49(2)40-27-15-12-24-35(40)38-30-39-36-25-14-17-29-43(36)53(44(39)31-41(38)49)48-51-46(32-18-6-3-7-19-32)45-37-26-13-16-28-42(37)50(47(45)52-48,33-20-8-4-9-21-33)34-22-10-5-11-23-34/h3-31H,1-2H3. The van der Waals surface area contributed by atoms with Gasteiger partial charge in [-0.25, -0.2) is 0 Å². The number of hydrogen-bond acceptors (Lipinski definition) is 2. The molecular weight excluding hydrogens is 703 g/mol. The van der Waals surface area contributed by atoms with E-state index in [1.54, 1.807) is 0 Å². The van der Waals surface area contributed by atoms with Gasteiger partial charge in [0.2, 0.25) is 0 Å². The van der Waals surface area contributed by atoms with E-state index in [1.807, 2.05) is 0 Å². The van der Waals surface area contributed by atoms with Crippen molar-refractivity contribution in [2.75, 3.05) is 0 Å². The zero-order valence-corrected chi connectivity index (χ0v) is 31.7. The summed E-state index contributed by atoms with van der Waals surface area (Å²) in [6.07, 6.45) is 0. The van der Waals surface area contributed by atoms with Crippen LogP contribution in [0.15, 0.2) is 176 Å². The summed E-state index contributed by atoms with van der Waals surface area (Å²) in [5, 5.41) is 2.43. The average Bonchev–Trinajstić information content (AvgIpc) is 3.79. The van der Waals surface area contributed by atoms with E-state index in [-0.39, 0.29) is 5.41 Å². The third-order valence-corrected chi connectivity index (χ3v) is 21.8. The van der Waals surface area contributed by atoms with Crippen molar-refractivity contribution in [3.05, 3.63) is 187 Å². The summed E-state index contributed by atoms with van der Waals surface area (Å²) < 4.78 is 7.68. The van der Waals surface area contributed by atoms with Gasteiger partial charge in [0.15, 0.2) is 0 Å². The second-order valence-electron chi connectivity index (χ2n) is 14.9. The van der Waals surface area contributed by atoms with Crippen LogP contribution >= 0.6 is 0 Å². The first-order valence-electron chi connectivity index (χ1n) is 18.4. The van der Waals surface area contributed by atoms with Crippen LogP contribution in [0.5, 0.6) is 0 Å². The first-order valence-corrected chi connectivity index (χ1v) is 22.6. The molecule has 1 aliphatic heterocycles. The molecule has 11 rings (SSSR count). The fraction of sp³-hybridized carbons (Fsp3) is 0.0612. The van der Waals surface area contributed by atoms with Crippen LogP contribution < -0.4 is 17.7 Å². The first-order chi connectivity index (χ1) is 26.1. The first kappa shape index (κ1) is 30.6. The Morgan fingerprint density at radius 3 is 1.83 bits per heavy atom. The van der Waals surface area contributed by atoms with E-state index in [4.69, 9.17) is 9.97 Å². The zero-order valence-electron chi connectivity index (χ0n) is 29.6. The second kappa shape index (κ2) is 11.2. The van der Waals surface area contributed by atoms with Crippen LogP contribution in [0.1, 0.15) is 25.0 Å². The van der Waals surface area contributed by atoms with Gasteiger partial charge in [-0.05, 0) is 0 Å². The molecule has 2 aromatic heterocycles. The van der Waals surface area contributed by atoms with Crippen molar-refractivity contribution >= 4 is 52.8 Å².